The highest BCUT2D eigenvalue weighted by atomic mass is 35.5. The van der Waals surface area contributed by atoms with Crippen molar-refractivity contribution in [1.82, 2.24) is 4.90 Å². The molecule has 0 aromatic heterocycles. The molecule has 1 aromatic carbocycles. The lowest BCUT2D eigenvalue weighted by Crippen LogP contribution is -2.29. The number of hydrogen-bond donors (Lipinski definition) is 0. The van der Waals surface area contributed by atoms with Gasteiger partial charge in [0, 0.05) is 18.5 Å². The molecule has 1 aromatic rings. The van der Waals surface area contributed by atoms with Gasteiger partial charge in [0.2, 0.25) is 0 Å². The van der Waals surface area contributed by atoms with Crippen molar-refractivity contribution < 1.29 is 14.5 Å². The molecule has 0 saturated heterocycles. The molecule has 0 bridgehead atoms. The molecule has 2 amide bonds. The van der Waals surface area contributed by atoms with Gasteiger partial charge in [-0.15, -0.1) is 11.6 Å². The number of halogens is 1. The van der Waals surface area contributed by atoms with Crippen molar-refractivity contribution in [1.29, 1.82) is 0 Å². The van der Waals surface area contributed by atoms with Gasteiger partial charge in [-0.1, -0.05) is 18.2 Å². The molecule has 0 spiro atoms. The second-order valence-corrected chi connectivity index (χ2v) is 4.11. The van der Waals surface area contributed by atoms with Crippen molar-refractivity contribution in [3.05, 3.63) is 51.6 Å². The highest BCUT2D eigenvalue weighted by molar-refractivity contribution is 6.23. The Hall–Kier alpha value is -2.21. The average Bonchev–Trinajstić information content (AvgIpc) is 2.64. The number of nitrogens with zero attached hydrogens (tertiary/aromatic N) is 2. The predicted molar refractivity (Wildman–Crippen MR) is 68.3 cm³/mol. The SMILES string of the molecule is O=C1c2cccc([N+](=O)[O-])c2C(=O)N1CC=CCCl. The summed E-state index contributed by atoms with van der Waals surface area (Å²) in [5.41, 5.74) is -0.421. The number of imide groups is 1. The first-order valence-corrected chi connectivity index (χ1v) is 5.96. The summed E-state index contributed by atoms with van der Waals surface area (Å²) in [6.07, 6.45) is 3.17. The maximum Gasteiger partial charge on any atom is 0.282 e. The van der Waals surface area contributed by atoms with E-state index in [1.165, 1.54) is 18.2 Å². The van der Waals surface area contributed by atoms with E-state index >= 15 is 0 Å². The number of rotatable bonds is 4. The third-order valence-electron chi connectivity index (χ3n) is 2.72. The van der Waals surface area contributed by atoms with Gasteiger partial charge in [0.25, 0.3) is 17.5 Å². The Morgan fingerprint density at radius 1 is 1.26 bits per heavy atom. The minimum atomic E-state index is -0.665. The zero-order chi connectivity index (χ0) is 14.0. The van der Waals surface area contributed by atoms with Gasteiger partial charge >= 0.3 is 0 Å². The Morgan fingerprint density at radius 2 is 2.00 bits per heavy atom. The van der Waals surface area contributed by atoms with Gasteiger partial charge in [0.05, 0.1) is 10.5 Å². The number of amides is 2. The fraction of sp³-hybridized carbons (Fsp3) is 0.167. The molecule has 98 valence electrons. The topological polar surface area (TPSA) is 80.5 Å². The van der Waals surface area contributed by atoms with Crippen LogP contribution in [-0.4, -0.2) is 34.1 Å². The molecule has 7 heteroatoms. The Kier molecular flexibility index (Phi) is 3.62. The van der Waals surface area contributed by atoms with E-state index < -0.39 is 16.7 Å². The van der Waals surface area contributed by atoms with Crippen molar-refractivity contribution in [2.24, 2.45) is 0 Å². The molecule has 0 radical (unpaired) electrons. The molecule has 0 saturated carbocycles. The number of alkyl halides is 1. The molecule has 6 nitrogen and oxygen atoms in total. The summed E-state index contributed by atoms with van der Waals surface area (Å²) >= 11 is 5.45. The maximum absolute atomic E-state index is 12.1. The molecular weight excluding hydrogens is 272 g/mol. The zero-order valence-corrected chi connectivity index (χ0v) is 10.5. The predicted octanol–water partition coefficient (Wildman–Crippen LogP) is 1.99. The van der Waals surface area contributed by atoms with Crippen molar-refractivity contribution in [2.45, 2.75) is 0 Å². The van der Waals surface area contributed by atoms with Crippen LogP contribution in [0, 0.1) is 10.1 Å². The Bertz CT molecular complexity index is 597. The van der Waals surface area contributed by atoms with Crippen LogP contribution in [0.5, 0.6) is 0 Å². The zero-order valence-electron chi connectivity index (χ0n) is 9.71. The van der Waals surface area contributed by atoms with Crippen LogP contribution in [0.15, 0.2) is 30.4 Å². The number of carbonyl (C=O) groups excluding carboxylic acids is 2. The summed E-state index contributed by atoms with van der Waals surface area (Å²) in [6.45, 7) is 0.0518. The fourth-order valence-electron chi connectivity index (χ4n) is 1.88. The van der Waals surface area contributed by atoms with Crippen LogP contribution < -0.4 is 0 Å². The Labute approximate surface area is 113 Å². The monoisotopic (exact) mass is 280 g/mol. The van der Waals surface area contributed by atoms with E-state index in [4.69, 9.17) is 11.6 Å². The van der Waals surface area contributed by atoms with Gasteiger partial charge in [0.15, 0.2) is 0 Å². The number of benzene rings is 1. The summed E-state index contributed by atoms with van der Waals surface area (Å²) < 4.78 is 0. The third-order valence-corrected chi connectivity index (χ3v) is 2.90. The molecular formula is C12H9ClN2O4. The number of hydrogen-bond acceptors (Lipinski definition) is 4. The molecule has 0 aliphatic carbocycles. The lowest BCUT2D eigenvalue weighted by Gasteiger charge is -2.09. The maximum atomic E-state index is 12.1. The largest absolute Gasteiger partial charge is 0.282 e. The van der Waals surface area contributed by atoms with Gasteiger partial charge in [-0.25, -0.2) is 0 Å². The van der Waals surface area contributed by atoms with E-state index in [0.717, 1.165) is 4.90 Å². The van der Waals surface area contributed by atoms with Gasteiger partial charge in [-0.2, -0.15) is 0 Å². The lowest BCUT2D eigenvalue weighted by atomic mass is 10.1. The Morgan fingerprint density at radius 3 is 2.63 bits per heavy atom. The summed E-state index contributed by atoms with van der Waals surface area (Å²) in [7, 11) is 0. The fourth-order valence-corrected chi connectivity index (χ4v) is 2.00. The molecule has 1 heterocycles. The second kappa shape index (κ2) is 5.19. The quantitative estimate of drug-likeness (QED) is 0.278. The number of nitro benzene ring substituents is 1. The van der Waals surface area contributed by atoms with Crippen LogP contribution in [0.25, 0.3) is 0 Å². The molecule has 19 heavy (non-hydrogen) atoms. The standard InChI is InChI=1S/C12H9ClN2O4/c13-6-1-2-7-14-11(16)8-4-3-5-9(15(18)19)10(8)12(14)17/h1-5H,6-7H2. The first kappa shape index (κ1) is 13.2. The highest BCUT2D eigenvalue weighted by Gasteiger charge is 2.40. The van der Waals surface area contributed by atoms with Crippen molar-refractivity contribution >= 4 is 29.1 Å². The third kappa shape index (κ3) is 2.22. The van der Waals surface area contributed by atoms with Gasteiger partial charge < -0.3 is 0 Å². The molecule has 0 fully saturated rings. The van der Waals surface area contributed by atoms with Crippen LogP contribution >= 0.6 is 11.6 Å². The summed E-state index contributed by atoms with van der Waals surface area (Å²) in [4.78, 5) is 35.2. The molecule has 1 aliphatic heterocycles. The van der Waals surface area contributed by atoms with Crippen LogP contribution in [-0.2, 0) is 0 Å². The van der Waals surface area contributed by atoms with Crippen molar-refractivity contribution in [3.63, 3.8) is 0 Å². The van der Waals surface area contributed by atoms with E-state index in [1.54, 1.807) is 12.2 Å². The molecule has 0 unspecified atom stereocenters. The van der Waals surface area contributed by atoms with E-state index in [2.05, 4.69) is 0 Å². The number of fused-ring (bicyclic) bond motifs is 1. The Balaban J connectivity index is 2.41. The van der Waals surface area contributed by atoms with Crippen LogP contribution in [0.2, 0.25) is 0 Å². The number of allylic oxidation sites excluding steroid dienone is 1. The first-order valence-electron chi connectivity index (χ1n) is 5.42. The molecule has 1 aliphatic rings. The summed E-state index contributed by atoms with van der Waals surface area (Å²) in [6, 6.07) is 4.01. The minimum Gasteiger partial charge on any atom is -0.270 e. The van der Waals surface area contributed by atoms with Crippen LogP contribution in [0.3, 0.4) is 0 Å². The van der Waals surface area contributed by atoms with E-state index in [-0.39, 0.29) is 29.2 Å². The van der Waals surface area contributed by atoms with Crippen LogP contribution in [0.4, 0.5) is 5.69 Å². The summed E-state index contributed by atoms with van der Waals surface area (Å²) in [5, 5.41) is 10.9. The lowest BCUT2D eigenvalue weighted by molar-refractivity contribution is -0.385. The van der Waals surface area contributed by atoms with Crippen molar-refractivity contribution in [3.8, 4) is 0 Å². The smallest absolute Gasteiger partial charge is 0.270 e. The molecule has 0 N–H and O–H groups in total. The van der Waals surface area contributed by atoms with E-state index in [9.17, 15) is 19.7 Å². The highest BCUT2D eigenvalue weighted by Crippen LogP contribution is 2.30. The average molecular weight is 281 g/mol. The van der Waals surface area contributed by atoms with Gasteiger partial charge in [-0.05, 0) is 6.07 Å². The summed E-state index contributed by atoms with van der Waals surface area (Å²) in [5.74, 6) is -0.905. The second-order valence-electron chi connectivity index (χ2n) is 3.80. The molecule has 0 atom stereocenters. The van der Waals surface area contributed by atoms with Crippen LogP contribution in [0.1, 0.15) is 20.7 Å². The number of nitro groups is 1. The first-order chi connectivity index (χ1) is 9.07. The normalized spacial score (nSPS) is 14.3. The minimum absolute atomic E-state index is 0.0518. The van der Waals surface area contributed by atoms with Gasteiger partial charge in [-0.3, -0.25) is 24.6 Å². The van der Waals surface area contributed by atoms with Gasteiger partial charge in [0.1, 0.15) is 5.56 Å². The number of carbonyl (C=O) groups is 2. The van der Waals surface area contributed by atoms with E-state index in [1.807, 2.05) is 0 Å². The van der Waals surface area contributed by atoms with E-state index in [0.29, 0.717) is 0 Å². The molecule has 2 rings (SSSR count). The van der Waals surface area contributed by atoms with Crippen molar-refractivity contribution in [2.75, 3.05) is 12.4 Å².